The molecule has 2 unspecified atom stereocenters. The topological polar surface area (TPSA) is 25.4 Å². The van der Waals surface area contributed by atoms with Crippen LogP contribution in [0.25, 0.3) is 0 Å². The summed E-state index contributed by atoms with van der Waals surface area (Å²) in [7, 11) is 1.68. The number of aromatic nitrogens is 1. The van der Waals surface area contributed by atoms with Gasteiger partial charge in [0.1, 0.15) is 5.75 Å². The van der Waals surface area contributed by atoms with Gasteiger partial charge in [-0.05, 0) is 48.7 Å². The summed E-state index contributed by atoms with van der Waals surface area (Å²) in [6.07, 6.45) is 3.07. The van der Waals surface area contributed by atoms with Gasteiger partial charge in [0.2, 0.25) is 5.95 Å². The number of hydrogen-bond acceptors (Lipinski definition) is 3. The van der Waals surface area contributed by atoms with Crippen LogP contribution in [0, 0.1) is 5.95 Å². The summed E-state index contributed by atoms with van der Waals surface area (Å²) >= 11 is 0. The second-order valence-electron chi connectivity index (χ2n) is 5.73. The number of hydrogen-bond donors (Lipinski definition) is 0. The first kappa shape index (κ1) is 12.6. The van der Waals surface area contributed by atoms with Crippen molar-refractivity contribution < 1.29 is 9.13 Å². The largest absolute Gasteiger partial charge is 0.497 e. The van der Waals surface area contributed by atoms with E-state index in [4.69, 9.17) is 4.74 Å². The Morgan fingerprint density at radius 3 is 2.71 bits per heavy atom. The molecule has 108 valence electrons. The number of halogens is 1. The summed E-state index contributed by atoms with van der Waals surface area (Å²) in [6.45, 7) is 0. The van der Waals surface area contributed by atoms with E-state index in [-0.39, 0.29) is 5.95 Å². The molecule has 4 heteroatoms. The molecule has 1 aromatic heterocycles. The van der Waals surface area contributed by atoms with Gasteiger partial charge >= 0.3 is 0 Å². The van der Waals surface area contributed by atoms with Crippen LogP contribution in [-0.4, -0.2) is 18.1 Å². The minimum atomic E-state index is -0.369. The average Bonchev–Trinajstić information content (AvgIpc) is 2.82. The van der Waals surface area contributed by atoms with Crippen LogP contribution >= 0.6 is 0 Å². The van der Waals surface area contributed by atoms with Gasteiger partial charge in [0.25, 0.3) is 0 Å². The molecule has 2 atom stereocenters. The van der Waals surface area contributed by atoms with E-state index in [0.29, 0.717) is 12.1 Å². The number of benzene rings is 1. The number of ether oxygens (including phenoxy) is 1. The Bertz CT molecular complexity index is 671. The highest BCUT2D eigenvalue weighted by atomic mass is 19.1. The molecule has 4 rings (SSSR count). The molecular weight excluding hydrogens is 267 g/mol. The minimum Gasteiger partial charge on any atom is -0.497 e. The summed E-state index contributed by atoms with van der Waals surface area (Å²) in [5.41, 5.74) is 3.33. The van der Waals surface area contributed by atoms with Gasteiger partial charge in [-0.25, -0.2) is 4.98 Å². The van der Waals surface area contributed by atoms with Crippen molar-refractivity contribution >= 4 is 5.69 Å². The number of fused-ring (bicyclic) bond motifs is 4. The van der Waals surface area contributed by atoms with Gasteiger partial charge in [0.05, 0.1) is 18.8 Å². The lowest BCUT2D eigenvalue weighted by Crippen LogP contribution is -2.38. The van der Waals surface area contributed by atoms with E-state index in [0.717, 1.165) is 30.7 Å². The second kappa shape index (κ2) is 4.72. The van der Waals surface area contributed by atoms with Crippen LogP contribution in [-0.2, 0) is 6.42 Å². The third-order valence-corrected chi connectivity index (χ3v) is 4.64. The van der Waals surface area contributed by atoms with E-state index in [1.807, 2.05) is 18.2 Å². The molecule has 0 N–H and O–H groups in total. The molecule has 2 aromatic rings. The van der Waals surface area contributed by atoms with Crippen molar-refractivity contribution in [2.24, 2.45) is 0 Å². The molecule has 2 bridgehead atoms. The Kier molecular flexibility index (Phi) is 2.84. The molecule has 2 aliphatic rings. The molecule has 3 heterocycles. The lowest BCUT2D eigenvalue weighted by Gasteiger charge is -2.37. The molecule has 1 aromatic carbocycles. The standard InChI is InChI=1S/C17H17FN2O/c1-21-13-5-2-11(3-6-13)20-12-4-8-16(20)14-7-9-17(18)19-15(14)10-12/h2-3,5-7,9,12,16H,4,8,10H2,1H3. The first-order valence-electron chi connectivity index (χ1n) is 7.34. The maximum Gasteiger partial charge on any atom is 0.213 e. The van der Waals surface area contributed by atoms with Crippen LogP contribution in [0.15, 0.2) is 36.4 Å². The Labute approximate surface area is 123 Å². The molecule has 3 nitrogen and oxygen atoms in total. The molecule has 0 saturated carbocycles. The molecule has 21 heavy (non-hydrogen) atoms. The Hall–Kier alpha value is -2.10. The summed E-state index contributed by atoms with van der Waals surface area (Å²) in [6, 6.07) is 12.3. The summed E-state index contributed by atoms with van der Waals surface area (Å²) in [4.78, 5) is 6.56. The van der Waals surface area contributed by atoms with E-state index in [1.165, 1.54) is 17.3 Å². The quantitative estimate of drug-likeness (QED) is 0.789. The predicted octanol–water partition coefficient (Wildman–Crippen LogP) is 3.50. The van der Waals surface area contributed by atoms with Gasteiger partial charge in [0.15, 0.2) is 0 Å². The van der Waals surface area contributed by atoms with Crippen molar-refractivity contribution in [2.45, 2.75) is 31.3 Å². The maximum atomic E-state index is 13.3. The lowest BCUT2D eigenvalue weighted by molar-refractivity contribution is 0.414. The predicted molar refractivity (Wildman–Crippen MR) is 79.1 cm³/mol. The average molecular weight is 284 g/mol. The lowest BCUT2D eigenvalue weighted by atomic mass is 9.97. The van der Waals surface area contributed by atoms with Crippen LogP contribution in [0.3, 0.4) is 0 Å². The van der Waals surface area contributed by atoms with Gasteiger partial charge in [-0.3, -0.25) is 0 Å². The van der Waals surface area contributed by atoms with Gasteiger partial charge in [0, 0.05) is 18.2 Å². The summed E-state index contributed by atoms with van der Waals surface area (Å²) in [5, 5.41) is 0. The number of nitrogens with zero attached hydrogens (tertiary/aromatic N) is 2. The Morgan fingerprint density at radius 2 is 1.95 bits per heavy atom. The first-order valence-corrected chi connectivity index (χ1v) is 7.34. The highest BCUT2D eigenvalue weighted by Crippen LogP contribution is 2.45. The van der Waals surface area contributed by atoms with Crippen molar-refractivity contribution in [3.63, 3.8) is 0 Å². The number of methoxy groups -OCH3 is 1. The highest BCUT2D eigenvalue weighted by molar-refractivity contribution is 5.55. The fourth-order valence-corrected chi connectivity index (χ4v) is 3.71. The zero-order valence-corrected chi connectivity index (χ0v) is 11.9. The monoisotopic (exact) mass is 284 g/mol. The fraction of sp³-hybridized carbons (Fsp3) is 0.353. The second-order valence-corrected chi connectivity index (χ2v) is 5.73. The van der Waals surface area contributed by atoms with Gasteiger partial charge in [-0.2, -0.15) is 4.39 Å². The van der Waals surface area contributed by atoms with Crippen LogP contribution in [0.2, 0.25) is 0 Å². The van der Waals surface area contributed by atoms with Crippen molar-refractivity contribution in [3.05, 3.63) is 53.6 Å². The third kappa shape index (κ3) is 1.97. The molecule has 0 radical (unpaired) electrons. The Balaban J connectivity index is 1.73. The number of anilines is 1. The molecule has 2 aliphatic heterocycles. The smallest absolute Gasteiger partial charge is 0.213 e. The van der Waals surface area contributed by atoms with E-state index in [1.54, 1.807) is 7.11 Å². The summed E-state index contributed by atoms with van der Waals surface area (Å²) in [5.74, 6) is 0.498. The number of pyridine rings is 1. The minimum absolute atomic E-state index is 0.320. The van der Waals surface area contributed by atoms with E-state index >= 15 is 0 Å². The normalized spacial score (nSPS) is 23.0. The molecule has 0 amide bonds. The van der Waals surface area contributed by atoms with Crippen LogP contribution in [0.1, 0.15) is 30.1 Å². The molecular formula is C17H17FN2O. The van der Waals surface area contributed by atoms with Crippen LogP contribution in [0.4, 0.5) is 10.1 Å². The van der Waals surface area contributed by atoms with Gasteiger partial charge in [-0.15, -0.1) is 0 Å². The molecule has 0 aliphatic carbocycles. The zero-order chi connectivity index (χ0) is 14.4. The van der Waals surface area contributed by atoms with Crippen molar-refractivity contribution in [3.8, 4) is 5.75 Å². The van der Waals surface area contributed by atoms with Crippen LogP contribution < -0.4 is 9.64 Å². The van der Waals surface area contributed by atoms with Gasteiger partial charge < -0.3 is 9.64 Å². The zero-order valence-electron chi connectivity index (χ0n) is 11.9. The highest BCUT2D eigenvalue weighted by Gasteiger charge is 2.40. The van der Waals surface area contributed by atoms with Crippen LogP contribution in [0.5, 0.6) is 5.75 Å². The maximum absolute atomic E-state index is 13.3. The third-order valence-electron chi connectivity index (χ3n) is 4.64. The van der Waals surface area contributed by atoms with Gasteiger partial charge in [-0.1, -0.05) is 6.07 Å². The fourth-order valence-electron chi connectivity index (χ4n) is 3.71. The van der Waals surface area contributed by atoms with Crippen molar-refractivity contribution in [1.82, 2.24) is 4.98 Å². The molecule has 1 fully saturated rings. The van der Waals surface area contributed by atoms with Crippen molar-refractivity contribution in [2.75, 3.05) is 12.0 Å². The molecule has 1 saturated heterocycles. The Morgan fingerprint density at radius 1 is 1.14 bits per heavy atom. The van der Waals surface area contributed by atoms with E-state index in [2.05, 4.69) is 22.0 Å². The van der Waals surface area contributed by atoms with E-state index in [9.17, 15) is 4.39 Å². The SMILES string of the molecule is COc1ccc(N2C3CCC2c2ccc(F)nc2C3)cc1. The number of rotatable bonds is 2. The van der Waals surface area contributed by atoms with Crippen molar-refractivity contribution in [1.29, 1.82) is 0 Å². The summed E-state index contributed by atoms with van der Waals surface area (Å²) < 4.78 is 18.6. The van der Waals surface area contributed by atoms with E-state index < -0.39 is 0 Å². The molecule has 0 spiro atoms. The first-order chi connectivity index (χ1) is 10.3.